The molecule has 0 saturated carbocycles. The van der Waals surface area contributed by atoms with Crippen molar-refractivity contribution in [1.82, 2.24) is 0 Å². The van der Waals surface area contributed by atoms with E-state index in [2.05, 4.69) is 0 Å². The molecule has 4 heteroatoms. The van der Waals surface area contributed by atoms with Gasteiger partial charge in [0.25, 0.3) is 0 Å². The Morgan fingerprint density at radius 3 is 2.31 bits per heavy atom. The highest BCUT2D eigenvalue weighted by molar-refractivity contribution is 5.85. The second-order valence-corrected chi connectivity index (χ2v) is 2.52. The van der Waals surface area contributed by atoms with E-state index >= 15 is 0 Å². The zero-order valence-corrected chi connectivity index (χ0v) is 7.70. The van der Waals surface area contributed by atoms with Gasteiger partial charge in [-0.2, -0.15) is 0 Å². The molecule has 3 nitrogen and oxygen atoms in total. The lowest BCUT2D eigenvalue weighted by Crippen LogP contribution is -2.04. The van der Waals surface area contributed by atoms with Crippen molar-refractivity contribution < 1.29 is 15.0 Å². The van der Waals surface area contributed by atoms with Crippen LogP contribution < -0.4 is 0 Å². The molecule has 13 heavy (non-hydrogen) atoms. The summed E-state index contributed by atoms with van der Waals surface area (Å²) in [6.45, 7) is 0. The van der Waals surface area contributed by atoms with Gasteiger partial charge in [-0.25, -0.2) is 0 Å². The minimum Gasteiger partial charge on any atom is -0.481 e. The van der Waals surface area contributed by atoms with E-state index in [1.807, 2.05) is 6.07 Å². The Morgan fingerprint density at radius 2 is 1.85 bits per heavy atom. The number of carboxylic acid groups (broad SMARTS) is 1. The van der Waals surface area contributed by atoms with Crippen molar-refractivity contribution in [3.63, 3.8) is 0 Å². The van der Waals surface area contributed by atoms with E-state index in [4.69, 9.17) is 5.11 Å². The predicted molar refractivity (Wildman–Crippen MR) is 50.9 cm³/mol. The third kappa shape index (κ3) is 3.92. The van der Waals surface area contributed by atoms with Crippen molar-refractivity contribution >= 4 is 18.4 Å². The van der Waals surface area contributed by atoms with Crippen LogP contribution in [-0.2, 0) is 4.79 Å². The lowest BCUT2D eigenvalue weighted by Gasteiger charge is -2.06. The van der Waals surface area contributed by atoms with Gasteiger partial charge in [-0.05, 0) is 5.56 Å². The topological polar surface area (TPSA) is 57.5 Å². The molecule has 0 saturated heterocycles. The Kier molecular flexibility index (Phi) is 5.11. The largest absolute Gasteiger partial charge is 0.481 e. The van der Waals surface area contributed by atoms with Gasteiger partial charge in [0.15, 0.2) is 0 Å². The van der Waals surface area contributed by atoms with Crippen LogP contribution in [0.15, 0.2) is 30.3 Å². The van der Waals surface area contributed by atoms with E-state index in [1.54, 1.807) is 24.3 Å². The Morgan fingerprint density at radius 1 is 1.31 bits per heavy atom. The quantitative estimate of drug-likeness (QED) is 0.783. The maximum absolute atomic E-state index is 10.2. The highest BCUT2D eigenvalue weighted by Crippen LogP contribution is 2.15. The van der Waals surface area contributed by atoms with E-state index in [9.17, 15) is 9.90 Å². The monoisotopic (exact) mass is 202 g/mol. The lowest BCUT2D eigenvalue weighted by molar-refractivity contribution is -0.139. The molecule has 0 heterocycles. The van der Waals surface area contributed by atoms with Gasteiger partial charge in [-0.3, -0.25) is 4.79 Å². The first-order chi connectivity index (χ1) is 5.70. The molecule has 1 rings (SSSR count). The number of benzene rings is 1. The summed E-state index contributed by atoms with van der Waals surface area (Å²) in [5.41, 5.74) is 0.639. The molecule has 1 unspecified atom stereocenters. The molecule has 0 aliphatic carbocycles. The minimum absolute atomic E-state index is 0. The van der Waals surface area contributed by atoms with Gasteiger partial charge in [0.1, 0.15) is 0 Å². The number of carboxylic acids is 1. The van der Waals surface area contributed by atoms with Crippen molar-refractivity contribution in [3.05, 3.63) is 35.9 Å². The third-order valence-corrected chi connectivity index (χ3v) is 1.55. The van der Waals surface area contributed by atoms with Crippen molar-refractivity contribution in [1.29, 1.82) is 0 Å². The molecule has 0 aliphatic rings. The number of halogens is 1. The molecule has 0 bridgehead atoms. The van der Waals surface area contributed by atoms with Crippen LogP contribution in [0, 0.1) is 0 Å². The van der Waals surface area contributed by atoms with Gasteiger partial charge in [-0.1, -0.05) is 30.3 Å². The molecule has 0 aliphatic heterocycles. The van der Waals surface area contributed by atoms with Crippen molar-refractivity contribution in [2.45, 2.75) is 12.5 Å². The molecule has 0 aromatic heterocycles. The highest BCUT2D eigenvalue weighted by Gasteiger charge is 2.10. The van der Waals surface area contributed by atoms with Gasteiger partial charge in [0.2, 0.25) is 0 Å². The first-order valence-electron chi connectivity index (χ1n) is 3.65. The SMILES string of the molecule is Cl.O=C(O)CC(O)c1ccccc1. The minimum atomic E-state index is -0.994. The molecule has 1 atom stereocenters. The van der Waals surface area contributed by atoms with Gasteiger partial charge < -0.3 is 10.2 Å². The van der Waals surface area contributed by atoms with E-state index in [0.29, 0.717) is 5.56 Å². The molecule has 1 aromatic rings. The lowest BCUT2D eigenvalue weighted by atomic mass is 10.1. The van der Waals surface area contributed by atoms with Crippen LogP contribution in [0.5, 0.6) is 0 Å². The number of carbonyl (C=O) groups is 1. The normalized spacial score (nSPS) is 11.5. The Balaban J connectivity index is 0.00000144. The number of aliphatic carboxylic acids is 1. The van der Waals surface area contributed by atoms with E-state index in [-0.39, 0.29) is 18.8 Å². The fourth-order valence-electron chi connectivity index (χ4n) is 0.958. The van der Waals surface area contributed by atoms with Gasteiger partial charge >= 0.3 is 5.97 Å². The number of rotatable bonds is 3. The molecule has 0 radical (unpaired) electrons. The van der Waals surface area contributed by atoms with E-state index < -0.39 is 12.1 Å². The Labute approximate surface area is 82.4 Å². The van der Waals surface area contributed by atoms with Gasteiger partial charge in [0, 0.05) is 0 Å². The van der Waals surface area contributed by atoms with E-state index in [0.717, 1.165) is 0 Å². The number of aliphatic hydroxyl groups excluding tert-OH is 1. The second kappa shape index (κ2) is 5.56. The molecular formula is C9H11ClO3. The summed E-state index contributed by atoms with van der Waals surface area (Å²) in [5.74, 6) is -0.994. The van der Waals surface area contributed by atoms with Crippen molar-refractivity contribution in [2.75, 3.05) is 0 Å². The maximum atomic E-state index is 10.2. The predicted octanol–water partition coefficient (Wildman–Crippen LogP) is 1.62. The van der Waals surface area contributed by atoms with Crippen LogP contribution in [0.1, 0.15) is 18.1 Å². The van der Waals surface area contributed by atoms with Crippen LogP contribution in [0.4, 0.5) is 0 Å². The van der Waals surface area contributed by atoms with Crippen LogP contribution in [0.2, 0.25) is 0 Å². The second-order valence-electron chi connectivity index (χ2n) is 2.52. The number of hydrogen-bond acceptors (Lipinski definition) is 2. The molecule has 0 fully saturated rings. The molecule has 1 aromatic carbocycles. The average Bonchev–Trinajstić information content (AvgIpc) is 2.05. The Bertz CT molecular complexity index is 261. The van der Waals surface area contributed by atoms with Crippen molar-refractivity contribution in [2.24, 2.45) is 0 Å². The zero-order valence-electron chi connectivity index (χ0n) is 6.88. The molecule has 0 amide bonds. The van der Waals surface area contributed by atoms with Crippen LogP contribution in [0.3, 0.4) is 0 Å². The summed E-state index contributed by atoms with van der Waals surface area (Å²) in [6.07, 6.45) is -1.15. The molecule has 2 N–H and O–H groups in total. The van der Waals surface area contributed by atoms with Crippen LogP contribution in [-0.4, -0.2) is 16.2 Å². The summed E-state index contributed by atoms with van der Waals surface area (Å²) >= 11 is 0. The van der Waals surface area contributed by atoms with Crippen LogP contribution in [0.25, 0.3) is 0 Å². The zero-order chi connectivity index (χ0) is 8.97. The summed E-state index contributed by atoms with van der Waals surface area (Å²) in [5, 5.41) is 17.7. The highest BCUT2D eigenvalue weighted by atomic mass is 35.5. The van der Waals surface area contributed by atoms with Gasteiger partial charge in [-0.15, -0.1) is 12.4 Å². The fraction of sp³-hybridized carbons (Fsp3) is 0.222. The summed E-state index contributed by atoms with van der Waals surface area (Å²) < 4.78 is 0. The summed E-state index contributed by atoms with van der Waals surface area (Å²) in [6, 6.07) is 8.75. The summed E-state index contributed by atoms with van der Waals surface area (Å²) in [7, 11) is 0. The number of aliphatic hydroxyl groups is 1. The molecule has 0 spiro atoms. The number of hydrogen-bond donors (Lipinski definition) is 2. The smallest absolute Gasteiger partial charge is 0.306 e. The first-order valence-corrected chi connectivity index (χ1v) is 3.65. The van der Waals surface area contributed by atoms with Gasteiger partial charge in [0.05, 0.1) is 12.5 Å². The standard InChI is InChI=1S/C9H10O3.ClH/c10-8(6-9(11)12)7-4-2-1-3-5-7;/h1-5,8,10H,6H2,(H,11,12);1H. The third-order valence-electron chi connectivity index (χ3n) is 1.55. The fourth-order valence-corrected chi connectivity index (χ4v) is 0.958. The maximum Gasteiger partial charge on any atom is 0.306 e. The summed E-state index contributed by atoms with van der Waals surface area (Å²) in [4.78, 5) is 10.2. The molecule has 72 valence electrons. The average molecular weight is 203 g/mol. The van der Waals surface area contributed by atoms with Crippen LogP contribution >= 0.6 is 12.4 Å². The molecular weight excluding hydrogens is 192 g/mol. The first kappa shape index (κ1) is 11.9. The van der Waals surface area contributed by atoms with E-state index in [1.165, 1.54) is 0 Å². The van der Waals surface area contributed by atoms with Crippen molar-refractivity contribution in [3.8, 4) is 0 Å². The Hall–Kier alpha value is -1.06.